The summed E-state index contributed by atoms with van der Waals surface area (Å²) in [6.45, 7) is 5.34. The summed E-state index contributed by atoms with van der Waals surface area (Å²) in [5.41, 5.74) is 1.21. The van der Waals surface area contributed by atoms with Crippen LogP contribution in [-0.2, 0) is 4.79 Å². The summed E-state index contributed by atoms with van der Waals surface area (Å²) in [7, 11) is 1.88. The lowest BCUT2D eigenvalue weighted by molar-refractivity contribution is -0.121. The molecule has 1 aromatic rings. The summed E-state index contributed by atoms with van der Waals surface area (Å²) in [6, 6.07) is 7.92. The van der Waals surface area contributed by atoms with Gasteiger partial charge in [0, 0.05) is 6.42 Å². The molecule has 0 bridgehead atoms. The van der Waals surface area contributed by atoms with Gasteiger partial charge in [0.15, 0.2) is 0 Å². The van der Waals surface area contributed by atoms with Crippen LogP contribution in [0.3, 0.4) is 0 Å². The lowest BCUT2D eigenvalue weighted by atomic mass is 10.2. The van der Waals surface area contributed by atoms with E-state index < -0.39 is 0 Å². The van der Waals surface area contributed by atoms with Gasteiger partial charge in [0.1, 0.15) is 12.4 Å². The third-order valence-electron chi connectivity index (χ3n) is 2.76. The van der Waals surface area contributed by atoms with Crippen LogP contribution in [0.15, 0.2) is 24.3 Å². The molecule has 0 aliphatic carbocycles. The Kier molecular flexibility index (Phi) is 6.97. The van der Waals surface area contributed by atoms with Gasteiger partial charge in [-0.25, -0.2) is 0 Å². The number of benzene rings is 1. The zero-order chi connectivity index (χ0) is 14.1. The Balaban J connectivity index is 2.21. The van der Waals surface area contributed by atoms with Gasteiger partial charge in [-0.05, 0) is 46.0 Å². The van der Waals surface area contributed by atoms with Crippen molar-refractivity contribution in [2.75, 3.05) is 20.2 Å². The van der Waals surface area contributed by atoms with Gasteiger partial charge in [0.2, 0.25) is 5.91 Å². The highest BCUT2D eigenvalue weighted by atomic mass is 16.5. The second kappa shape index (κ2) is 8.53. The number of rotatable bonds is 8. The maximum atomic E-state index is 11.6. The first kappa shape index (κ1) is 15.5. The highest BCUT2D eigenvalue weighted by molar-refractivity contribution is 5.76. The fourth-order valence-electron chi connectivity index (χ4n) is 1.67. The Morgan fingerprint density at radius 1 is 1.32 bits per heavy atom. The Bertz CT molecular complexity index is 376. The molecule has 0 aromatic heterocycles. The predicted molar refractivity (Wildman–Crippen MR) is 77.4 cm³/mol. The van der Waals surface area contributed by atoms with Crippen molar-refractivity contribution in [3.05, 3.63) is 29.8 Å². The van der Waals surface area contributed by atoms with Gasteiger partial charge in [-0.3, -0.25) is 4.79 Å². The van der Waals surface area contributed by atoms with Crippen LogP contribution in [0.2, 0.25) is 0 Å². The quantitative estimate of drug-likeness (QED) is 0.705. The fraction of sp³-hybridized carbons (Fsp3) is 0.533. The molecule has 4 nitrogen and oxygen atoms in total. The number of carbonyl (C=O) groups is 1. The summed E-state index contributed by atoms with van der Waals surface area (Å²) in [4.78, 5) is 11.6. The van der Waals surface area contributed by atoms with Gasteiger partial charge >= 0.3 is 0 Å². The van der Waals surface area contributed by atoms with Crippen LogP contribution < -0.4 is 15.4 Å². The van der Waals surface area contributed by atoms with Crippen molar-refractivity contribution in [1.29, 1.82) is 0 Å². The molecule has 0 saturated carbocycles. The van der Waals surface area contributed by atoms with Crippen LogP contribution >= 0.6 is 0 Å². The van der Waals surface area contributed by atoms with Crippen molar-refractivity contribution < 1.29 is 9.53 Å². The van der Waals surface area contributed by atoms with E-state index in [1.165, 1.54) is 5.56 Å². The number of hydrogen-bond donors (Lipinski definition) is 2. The normalized spacial score (nSPS) is 11.9. The molecule has 1 atom stereocenters. The topological polar surface area (TPSA) is 50.4 Å². The molecular formula is C15H24N2O2. The molecule has 0 radical (unpaired) electrons. The molecule has 1 unspecified atom stereocenters. The van der Waals surface area contributed by atoms with Crippen molar-refractivity contribution in [2.45, 2.75) is 32.7 Å². The smallest absolute Gasteiger partial charge is 0.220 e. The molecule has 0 aliphatic rings. The zero-order valence-corrected chi connectivity index (χ0v) is 12.0. The maximum absolute atomic E-state index is 11.6. The van der Waals surface area contributed by atoms with Crippen molar-refractivity contribution in [2.24, 2.45) is 0 Å². The van der Waals surface area contributed by atoms with Gasteiger partial charge in [0.05, 0.1) is 6.04 Å². The zero-order valence-electron chi connectivity index (χ0n) is 12.0. The van der Waals surface area contributed by atoms with Crippen LogP contribution in [0.25, 0.3) is 0 Å². The Morgan fingerprint density at radius 3 is 2.63 bits per heavy atom. The third kappa shape index (κ3) is 6.82. The molecule has 2 N–H and O–H groups in total. The number of aryl methyl sites for hydroxylation is 1. The van der Waals surface area contributed by atoms with Gasteiger partial charge in [0.25, 0.3) is 0 Å². The monoisotopic (exact) mass is 264 g/mol. The summed E-state index contributed by atoms with van der Waals surface area (Å²) in [5, 5.41) is 5.95. The Hall–Kier alpha value is -1.55. The number of ether oxygens (including phenoxy) is 1. The van der Waals surface area contributed by atoms with E-state index in [0.717, 1.165) is 18.7 Å². The van der Waals surface area contributed by atoms with Gasteiger partial charge in [-0.15, -0.1) is 0 Å². The third-order valence-corrected chi connectivity index (χ3v) is 2.76. The van der Waals surface area contributed by atoms with E-state index in [9.17, 15) is 4.79 Å². The molecular weight excluding hydrogens is 240 g/mol. The summed E-state index contributed by atoms with van der Waals surface area (Å²) >= 11 is 0. The van der Waals surface area contributed by atoms with E-state index in [4.69, 9.17) is 4.74 Å². The van der Waals surface area contributed by atoms with Crippen LogP contribution in [0, 0.1) is 6.92 Å². The summed E-state index contributed by atoms with van der Waals surface area (Å²) in [6.07, 6.45) is 1.41. The Labute approximate surface area is 115 Å². The fourth-order valence-corrected chi connectivity index (χ4v) is 1.67. The molecule has 0 spiro atoms. The first-order chi connectivity index (χ1) is 9.11. The molecule has 0 fully saturated rings. The minimum absolute atomic E-state index is 0.0170. The van der Waals surface area contributed by atoms with E-state index >= 15 is 0 Å². The summed E-state index contributed by atoms with van der Waals surface area (Å²) in [5.74, 6) is 0.914. The molecule has 0 aliphatic heterocycles. The van der Waals surface area contributed by atoms with E-state index in [-0.39, 0.29) is 11.9 Å². The Morgan fingerprint density at radius 2 is 2.00 bits per heavy atom. The van der Waals surface area contributed by atoms with E-state index in [1.54, 1.807) is 0 Å². The summed E-state index contributed by atoms with van der Waals surface area (Å²) < 4.78 is 5.62. The minimum atomic E-state index is 0.0170. The van der Waals surface area contributed by atoms with Crippen LogP contribution in [0.4, 0.5) is 0 Å². The van der Waals surface area contributed by atoms with E-state index in [0.29, 0.717) is 13.0 Å². The number of carbonyl (C=O) groups excluding carboxylic acids is 1. The maximum Gasteiger partial charge on any atom is 0.220 e. The largest absolute Gasteiger partial charge is 0.491 e. The van der Waals surface area contributed by atoms with E-state index in [1.807, 2.05) is 45.2 Å². The molecule has 0 saturated heterocycles. The highest BCUT2D eigenvalue weighted by Gasteiger charge is 2.07. The SMILES string of the molecule is CNCCCC(=O)NC(C)COc1ccc(C)cc1. The van der Waals surface area contributed by atoms with Crippen molar-refractivity contribution in [3.8, 4) is 5.75 Å². The molecule has 0 heterocycles. The standard InChI is InChI=1S/C15H24N2O2/c1-12-6-8-14(9-7-12)19-11-13(2)17-15(18)5-4-10-16-3/h6-9,13,16H,4-5,10-11H2,1-3H3,(H,17,18). The molecule has 1 rings (SSSR count). The second-order valence-electron chi connectivity index (χ2n) is 4.80. The number of nitrogens with one attached hydrogen (secondary N) is 2. The molecule has 4 heteroatoms. The van der Waals surface area contributed by atoms with Gasteiger partial charge in [-0.1, -0.05) is 17.7 Å². The van der Waals surface area contributed by atoms with Crippen molar-refractivity contribution in [3.63, 3.8) is 0 Å². The second-order valence-corrected chi connectivity index (χ2v) is 4.80. The van der Waals surface area contributed by atoms with Crippen LogP contribution in [0.5, 0.6) is 5.75 Å². The lowest BCUT2D eigenvalue weighted by Gasteiger charge is -2.15. The first-order valence-corrected chi connectivity index (χ1v) is 6.75. The minimum Gasteiger partial charge on any atom is -0.491 e. The number of amides is 1. The van der Waals surface area contributed by atoms with Crippen molar-refractivity contribution in [1.82, 2.24) is 10.6 Å². The average molecular weight is 264 g/mol. The predicted octanol–water partition coefficient (Wildman–Crippen LogP) is 1.88. The molecule has 1 amide bonds. The molecule has 1 aromatic carbocycles. The van der Waals surface area contributed by atoms with Gasteiger partial charge < -0.3 is 15.4 Å². The lowest BCUT2D eigenvalue weighted by Crippen LogP contribution is -2.36. The highest BCUT2D eigenvalue weighted by Crippen LogP contribution is 2.11. The number of hydrogen-bond acceptors (Lipinski definition) is 3. The molecule has 106 valence electrons. The van der Waals surface area contributed by atoms with Crippen molar-refractivity contribution >= 4 is 5.91 Å². The van der Waals surface area contributed by atoms with E-state index in [2.05, 4.69) is 10.6 Å². The first-order valence-electron chi connectivity index (χ1n) is 6.75. The van der Waals surface area contributed by atoms with Crippen LogP contribution in [0.1, 0.15) is 25.3 Å². The average Bonchev–Trinajstić information content (AvgIpc) is 2.38. The molecule has 19 heavy (non-hydrogen) atoms. The van der Waals surface area contributed by atoms with Gasteiger partial charge in [-0.2, -0.15) is 0 Å². The van der Waals surface area contributed by atoms with Crippen LogP contribution in [-0.4, -0.2) is 32.1 Å².